The zero-order chi connectivity index (χ0) is 25.0. The number of hydrogen-bond donors (Lipinski definition) is 0. The summed E-state index contributed by atoms with van der Waals surface area (Å²) in [4.78, 5) is 24.1. The number of esters is 1. The first-order chi connectivity index (χ1) is 15.2. The molecule has 2 aromatic rings. The molecule has 0 saturated heterocycles. The molecule has 33 heavy (non-hydrogen) atoms. The van der Waals surface area contributed by atoms with Gasteiger partial charge in [0, 0.05) is 5.56 Å². The Morgan fingerprint density at radius 1 is 0.909 bits per heavy atom. The number of Topliss-reactive ketones (excluding diaryl/α,β-unsaturated/α-hetero) is 1. The molecule has 0 aliphatic carbocycles. The second kappa shape index (κ2) is 10.3. The topological polar surface area (TPSA) is 61.8 Å². The first kappa shape index (κ1) is 26.3. The number of ether oxygens (including phenoxy) is 3. The number of rotatable bonds is 8. The van der Waals surface area contributed by atoms with Crippen LogP contribution in [0.5, 0.6) is 0 Å². The van der Waals surface area contributed by atoms with Gasteiger partial charge in [-0.25, -0.2) is 9.18 Å². The Morgan fingerprint density at radius 3 is 1.88 bits per heavy atom. The maximum atomic E-state index is 13.1. The fraction of sp³-hybridized carbons (Fsp3) is 0.333. The van der Waals surface area contributed by atoms with Crippen LogP contribution in [0, 0.1) is 5.82 Å². The Kier molecular flexibility index (Phi) is 8.20. The van der Waals surface area contributed by atoms with E-state index in [0.717, 1.165) is 38.3 Å². The van der Waals surface area contributed by atoms with Crippen LogP contribution < -0.4 is 0 Å². The van der Waals surface area contributed by atoms with Gasteiger partial charge >= 0.3 is 18.3 Å². The van der Waals surface area contributed by atoms with Crippen LogP contribution in [0.15, 0.2) is 42.5 Å². The van der Waals surface area contributed by atoms with E-state index in [1.165, 1.54) is 0 Å². The molecule has 0 unspecified atom stereocenters. The average molecular weight is 482 g/mol. The van der Waals surface area contributed by atoms with Gasteiger partial charge in [-0.05, 0) is 55.0 Å². The van der Waals surface area contributed by atoms with E-state index in [0.29, 0.717) is 12.1 Å². The van der Waals surface area contributed by atoms with Gasteiger partial charge in [0.15, 0.2) is 0 Å². The minimum atomic E-state index is -5.08. The summed E-state index contributed by atoms with van der Waals surface area (Å²) in [6, 6.07) is 4.84. The van der Waals surface area contributed by atoms with Gasteiger partial charge < -0.3 is 14.2 Å². The van der Waals surface area contributed by atoms with E-state index in [9.17, 15) is 40.3 Å². The molecule has 0 bridgehead atoms. The van der Waals surface area contributed by atoms with Gasteiger partial charge in [0.1, 0.15) is 12.4 Å². The summed E-state index contributed by atoms with van der Waals surface area (Å²) in [5.41, 5.74) is -3.83. The van der Waals surface area contributed by atoms with Crippen molar-refractivity contribution in [2.75, 3.05) is 13.7 Å². The molecular formula is C21H17F7O5. The van der Waals surface area contributed by atoms with Crippen LogP contribution in [0.25, 0.3) is 0 Å². The maximum absolute atomic E-state index is 13.1. The third-order valence-corrected chi connectivity index (χ3v) is 4.33. The van der Waals surface area contributed by atoms with Crippen molar-refractivity contribution in [3.05, 3.63) is 70.5 Å². The molecule has 0 aliphatic rings. The van der Waals surface area contributed by atoms with Crippen molar-refractivity contribution < 1.29 is 54.5 Å². The Morgan fingerprint density at radius 2 is 1.42 bits per heavy atom. The Hall–Kier alpha value is -2.99. The number of hydrogen-bond acceptors (Lipinski definition) is 5. The fourth-order valence-electron chi connectivity index (χ4n) is 2.61. The zero-order valence-electron chi connectivity index (χ0n) is 17.1. The second-order valence-electron chi connectivity index (χ2n) is 6.71. The molecule has 12 heteroatoms. The van der Waals surface area contributed by atoms with E-state index >= 15 is 0 Å². The molecule has 2 aromatic carbocycles. The van der Waals surface area contributed by atoms with Crippen molar-refractivity contribution in [3.63, 3.8) is 0 Å². The van der Waals surface area contributed by atoms with Gasteiger partial charge in [-0.15, -0.1) is 0 Å². The molecular weight excluding hydrogens is 465 g/mol. The van der Waals surface area contributed by atoms with E-state index in [1.54, 1.807) is 0 Å². The number of carbonyl (C=O) groups excluding carboxylic acids is 2. The van der Waals surface area contributed by atoms with Gasteiger partial charge in [-0.3, -0.25) is 4.79 Å². The van der Waals surface area contributed by atoms with Gasteiger partial charge in [-0.2, -0.15) is 26.3 Å². The van der Waals surface area contributed by atoms with Crippen LogP contribution in [-0.2, 0) is 31.4 Å². The van der Waals surface area contributed by atoms with Crippen LogP contribution in [0.3, 0.4) is 0 Å². The van der Waals surface area contributed by atoms with Crippen molar-refractivity contribution in [2.45, 2.75) is 31.7 Å². The lowest BCUT2D eigenvalue weighted by molar-refractivity contribution is -0.168. The average Bonchev–Trinajstić information content (AvgIpc) is 2.74. The van der Waals surface area contributed by atoms with Crippen molar-refractivity contribution in [3.8, 4) is 0 Å². The summed E-state index contributed by atoms with van der Waals surface area (Å²) in [6.07, 6.45) is -13.6. The quantitative estimate of drug-likeness (QED) is 0.220. The minimum absolute atomic E-state index is 0.0505. The molecule has 0 saturated carbocycles. The lowest BCUT2D eigenvalue weighted by atomic mass is 10.0. The zero-order valence-corrected chi connectivity index (χ0v) is 17.1. The van der Waals surface area contributed by atoms with Crippen LogP contribution in [0.2, 0.25) is 0 Å². The van der Waals surface area contributed by atoms with Gasteiger partial charge in [-0.1, -0.05) is 0 Å². The summed E-state index contributed by atoms with van der Waals surface area (Å²) < 4.78 is 107. The van der Waals surface area contributed by atoms with Gasteiger partial charge in [0.25, 0.3) is 0 Å². The lowest BCUT2D eigenvalue weighted by Gasteiger charge is -2.23. The summed E-state index contributed by atoms with van der Waals surface area (Å²) in [5.74, 6) is -2.55. The molecule has 0 fully saturated rings. The van der Waals surface area contributed by atoms with E-state index in [2.05, 4.69) is 4.74 Å². The number of ketones is 1. The summed E-state index contributed by atoms with van der Waals surface area (Å²) >= 11 is 0. The van der Waals surface area contributed by atoms with Crippen LogP contribution in [0.1, 0.15) is 40.1 Å². The molecule has 2 atom stereocenters. The van der Waals surface area contributed by atoms with E-state index in [-0.39, 0.29) is 11.6 Å². The molecule has 0 aromatic heterocycles. The Balaban J connectivity index is 2.39. The SMILES string of the molecule is COC(=O)CO[C@H](O[C@H](C)c1cc(C(F)(F)F)cc(C(F)(F)F)c1)C(=O)c1ccc(F)cc1. The van der Waals surface area contributed by atoms with Crippen molar-refractivity contribution in [1.82, 2.24) is 0 Å². The van der Waals surface area contributed by atoms with Crippen LogP contribution >= 0.6 is 0 Å². The predicted molar refractivity (Wildman–Crippen MR) is 98.4 cm³/mol. The molecule has 0 aliphatic heterocycles. The highest BCUT2D eigenvalue weighted by Crippen LogP contribution is 2.38. The molecule has 180 valence electrons. The van der Waals surface area contributed by atoms with Crippen LogP contribution in [-0.4, -0.2) is 31.8 Å². The summed E-state index contributed by atoms with van der Waals surface area (Å²) in [5, 5.41) is 0. The largest absolute Gasteiger partial charge is 0.467 e. The standard InChI is InChI=1S/C21H17F7O5/c1-11(13-7-14(20(23,24)25)9-15(8-13)21(26,27)28)33-19(32-10-17(29)31-2)18(30)12-3-5-16(22)6-4-12/h3-9,11,19H,10H2,1-2H3/t11-,19-/m1/s1. The highest BCUT2D eigenvalue weighted by atomic mass is 19.4. The first-order valence-electron chi connectivity index (χ1n) is 9.15. The van der Waals surface area contributed by atoms with Crippen molar-refractivity contribution in [1.29, 1.82) is 0 Å². The molecule has 0 radical (unpaired) electrons. The minimum Gasteiger partial charge on any atom is -0.467 e. The number of benzene rings is 2. The Labute approximate surface area is 183 Å². The maximum Gasteiger partial charge on any atom is 0.416 e. The fourth-order valence-corrected chi connectivity index (χ4v) is 2.61. The summed E-state index contributed by atoms with van der Waals surface area (Å²) in [6.45, 7) is 0.291. The molecule has 0 heterocycles. The summed E-state index contributed by atoms with van der Waals surface area (Å²) in [7, 11) is 1.02. The predicted octanol–water partition coefficient (Wildman–Crippen LogP) is 5.34. The second-order valence-corrected chi connectivity index (χ2v) is 6.71. The molecule has 0 amide bonds. The smallest absolute Gasteiger partial charge is 0.416 e. The van der Waals surface area contributed by atoms with E-state index < -0.39 is 65.6 Å². The Bertz CT molecular complexity index is 952. The van der Waals surface area contributed by atoms with E-state index in [1.807, 2.05) is 0 Å². The number of halogens is 7. The highest BCUT2D eigenvalue weighted by molar-refractivity contribution is 5.98. The highest BCUT2D eigenvalue weighted by Gasteiger charge is 2.38. The number of alkyl halides is 6. The molecule has 5 nitrogen and oxygen atoms in total. The van der Waals surface area contributed by atoms with Gasteiger partial charge in [0.05, 0.1) is 24.3 Å². The molecule has 2 rings (SSSR count). The van der Waals surface area contributed by atoms with Crippen molar-refractivity contribution >= 4 is 11.8 Å². The normalized spacial score (nSPS) is 14.0. The first-order valence-corrected chi connectivity index (χ1v) is 9.15. The third kappa shape index (κ3) is 7.26. The molecule has 0 N–H and O–H groups in total. The van der Waals surface area contributed by atoms with Crippen LogP contribution in [0.4, 0.5) is 30.7 Å². The van der Waals surface area contributed by atoms with Gasteiger partial charge in [0.2, 0.25) is 12.1 Å². The number of methoxy groups -OCH3 is 1. The molecule has 0 spiro atoms. The number of carbonyl (C=O) groups is 2. The third-order valence-electron chi connectivity index (χ3n) is 4.33. The van der Waals surface area contributed by atoms with Crippen molar-refractivity contribution in [2.24, 2.45) is 0 Å². The monoisotopic (exact) mass is 482 g/mol. The van der Waals surface area contributed by atoms with E-state index in [4.69, 9.17) is 9.47 Å². The lowest BCUT2D eigenvalue weighted by Crippen LogP contribution is -2.31.